The molecule has 3 heterocycles. The topological polar surface area (TPSA) is 46.1 Å². The molecule has 2 aliphatic heterocycles. The molecule has 0 bridgehead atoms. The maximum Gasteiger partial charge on any atom is 0.219 e. The second-order valence-electron chi connectivity index (χ2n) is 5.13. The number of carbonyl (C=O) groups is 1. The molecule has 2 aliphatic rings. The minimum atomic E-state index is 0.143. The quantitative estimate of drug-likeness (QED) is 0.365. The zero-order chi connectivity index (χ0) is 15.0. The van der Waals surface area contributed by atoms with Crippen molar-refractivity contribution in [1.29, 1.82) is 0 Å². The van der Waals surface area contributed by atoms with E-state index in [0.29, 0.717) is 21.5 Å². The van der Waals surface area contributed by atoms with Gasteiger partial charge in [-0.3, -0.25) is 4.79 Å². The summed E-state index contributed by atoms with van der Waals surface area (Å²) < 4.78 is 0. The number of thioether (sulfide) groups is 2. The number of rotatable bonds is 3. The molecule has 0 aromatic carbocycles. The molecule has 0 spiro atoms. The Balaban J connectivity index is 1.85. The number of halogens is 1. The Morgan fingerprint density at radius 1 is 1.62 bits per heavy atom. The maximum absolute atomic E-state index is 11.5. The van der Waals surface area contributed by atoms with Crippen molar-refractivity contribution in [2.75, 3.05) is 18.8 Å². The lowest BCUT2D eigenvalue weighted by molar-refractivity contribution is -0.129. The second-order valence-corrected chi connectivity index (χ2v) is 7.71. The van der Waals surface area contributed by atoms with Gasteiger partial charge in [0.2, 0.25) is 5.91 Å². The number of piperidine rings is 1. The average molecular weight is 342 g/mol. The van der Waals surface area contributed by atoms with Gasteiger partial charge in [0.25, 0.3) is 0 Å². The molecule has 112 valence electrons. The van der Waals surface area contributed by atoms with Gasteiger partial charge in [-0.1, -0.05) is 29.4 Å². The van der Waals surface area contributed by atoms with Gasteiger partial charge >= 0.3 is 0 Å². The predicted octanol–water partition coefficient (Wildman–Crippen LogP) is 3.22. The Morgan fingerprint density at radius 3 is 3.14 bits per heavy atom. The Kier molecular flexibility index (Phi) is 4.47. The van der Waals surface area contributed by atoms with Gasteiger partial charge in [0.1, 0.15) is 10.2 Å². The lowest BCUT2D eigenvalue weighted by atomic mass is 9.91. The van der Waals surface area contributed by atoms with Gasteiger partial charge in [-0.25, -0.2) is 9.97 Å². The van der Waals surface area contributed by atoms with Crippen molar-refractivity contribution in [3.63, 3.8) is 0 Å². The number of carbonyl (C=O) groups excluding carboxylic acids is 1. The summed E-state index contributed by atoms with van der Waals surface area (Å²) in [6.45, 7) is 6.89. The third kappa shape index (κ3) is 2.94. The van der Waals surface area contributed by atoms with Crippen molar-refractivity contribution in [3.05, 3.63) is 23.4 Å². The first-order valence-corrected chi connectivity index (χ1v) is 9.07. The summed E-state index contributed by atoms with van der Waals surface area (Å²) in [5.74, 6) is 1.28. The fraction of sp³-hybridized carbons (Fsp3) is 0.500. The van der Waals surface area contributed by atoms with Gasteiger partial charge in [0.15, 0.2) is 5.16 Å². The fourth-order valence-corrected chi connectivity index (χ4v) is 5.34. The number of fused-ring (bicyclic) bond motifs is 3. The highest BCUT2D eigenvalue weighted by Gasteiger charge is 2.41. The van der Waals surface area contributed by atoms with Crippen molar-refractivity contribution in [2.45, 2.75) is 34.7 Å². The molecule has 0 N–H and O–H groups in total. The standard InChI is InChI=1S/C14H16ClN3OS2/c1-3-6-20-14-16-12(15)11-9-4-5-18(8(2)19)7-10(9)21-13(11)17-14/h3,9-10H,1,4-7H2,2H3. The highest BCUT2D eigenvalue weighted by molar-refractivity contribution is 8.00. The molecule has 0 saturated carbocycles. The van der Waals surface area contributed by atoms with Gasteiger partial charge in [-0.15, -0.1) is 18.3 Å². The van der Waals surface area contributed by atoms with E-state index in [4.69, 9.17) is 11.6 Å². The highest BCUT2D eigenvalue weighted by Crippen LogP contribution is 2.50. The van der Waals surface area contributed by atoms with Crippen LogP contribution in [0.4, 0.5) is 0 Å². The van der Waals surface area contributed by atoms with E-state index in [1.807, 2.05) is 11.0 Å². The lowest BCUT2D eigenvalue weighted by Crippen LogP contribution is -2.42. The van der Waals surface area contributed by atoms with Crippen LogP contribution >= 0.6 is 35.1 Å². The summed E-state index contributed by atoms with van der Waals surface area (Å²) in [6, 6.07) is 0. The van der Waals surface area contributed by atoms with Crippen molar-refractivity contribution in [3.8, 4) is 0 Å². The molecule has 1 amide bonds. The van der Waals surface area contributed by atoms with Crippen LogP contribution in [0, 0.1) is 0 Å². The smallest absolute Gasteiger partial charge is 0.219 e. The van der Waals surface area contributed by atoms with Gasteiger partial charge < -0.3 is 4.90 Å². The van der Waals surface area contributed by atoms with E-state index in [1.165, 1.54) is 11.8 Å². The molecule has 2 unspecified atom stereocenters. The van der Waals surface area contributed by atoms with Gasteiger partial charge in [0, 0.05) is 42.5 Å². The Bertz CT molecular complexity index is 596. The van der Waals surface area contributed by atoms with Crippen molar-refractivity contribution in [2.24, 2.45) is 0 Å². The summed E-state index contributed by atoms with van der Waals surface area (Å²) >= 11 is 9.66. The van der Waals surface area contributed by atoms with Crippen LogP contribution in [0.5, 0.6) is 0 Å². The number of likely N-dealkylation sites (tertiary alicyclic amines) is 1. The normalized spacial score (nSPS) is 23.6. The lowest BCUT2D eigenvalue weighted by Gasteiger charge is -2.33. The Hall–Kier alpha value is -0.720. The third-order valence-electron chi connectivity index (χ3n) is 3.81. The summed E-state index contributed by atoms with van der Waals surface area (Å²) in [5, 5.41) is 2.61. The van der Waals surface area contributed by atoms with E-state index in [9.17, 15) is 4.79 Å². The fourth-order valence-electron chi connectivity index (χ4n) is 2.80. The molecule has 2 atom stereocenters. The Labute approximate surface area is 137 Å². The zero-order valence-electron chi connectivity index (χ0n) is 11.7. The first kappa shape index (κ1) is 15.2. The van der Waals surface area contributed by atoms with Gasteiger partial charge in [-0.05, 0) is 6.42 Å². The summed E-state index contributed by atoms with van der Waals surface area (Å²) in [4.78, 5) is 22.5. The largest absolute Gasteiger partial charge is 0.342 e. The van der Waals surface area contributed by atoms with Gasteiger partial charge in [0.05, 0.1) is 0 Å². The molecule has 1 aromatic rings. The minimum Gasteiger partial charge on any atom is -0.342 e. The monoisotopic (exact) mass is 341 g/mol. The summed E-state index contributed by atoms with van der Waals surface area (Å²) in [5.41, 5.74) is 1.08. The van der Waals surface area contributed by atoms with E-state index in [2.05, 4.69) is 16.5 Å². The second kappa shape index (κ2) is 6.18. The minimum absolute atomic E-state index is 0.143. The van der Waals surface area contributed by atoms with Gasteiger partial charge in [-0.2, -0.15) is 0 Å². The molecule has 1 saturated heterocycles. The molecule has 4 nitrogen and oxygen atoms in total. The molecular weight excluding hydrogens is 326 g/mol. The first-order chi connectivity index (χ1) is 10.1. The molecule has 1 fully saturated rings. The summed E-state index contributed by atoms with van der Waals surface area (Å²) in [7, 11) is 0. The zero-order valence-corrected chi connectivity index (χ0v) is 14.1. The maximum atomic E-state index is 11.5. The molecule has 3 rings (SSSR count). The molecule has 0 radical (unpaired) electrons. The first-order valence-electron chi connectivity index (χ1n) is 6.83. The molecule has 7 heteroatoms. The number of hydrogen-bond donors (Lipinski definition) is 0. The summed E-state index contributed by atoms with van der Waals surface area (Å²) in [6.07, 6.45) is 2.76. The van der Waals surface area contributed by atoms with E-state index < -0.39 is 0 Å². The van der Waals surface area contributed by atoms with Crippen molar-refractivity contribution >= 4 is 41.0 Å². The SMILES string of the molecule is C=CCSc1nc(Cl)c2c(n1)SC1CN(C(C)=O)CCC21. The van der Waals surface area contributed by atoms with E-state index in [0.717, 1.165) is 35.9 Å². The van der Waals surface area contributed by atoms with Crippen LogP contribution < -0.4 is 0 Å². The number of amides is 1. The van der Waals surface area contributed by atoms with Crippen LogP contribution in [0.25, 0.3) is 0 Å². The highest BCUT2D eigenvalue weighted by atomic mass is 35.5. The molecule has 1 aromatic heterocycles. The van der Waals surface area contributed by atoms with Crippen LogP contribution in [0.2, 0.25) is 5.15 Å². The third-order valence-corrected chi connectivity index (χ3v) is 6.26. The van der Waals surface area contributed by atoms with E-state index in [-0.39, 0.29) is 5.91 Å². The number of aromatic nitrogens is 2. The van der Waals surface area contributed by atoms with Crippen molar-refractivity contribution in [1.82, 2.24) is 14.9 Å². The number of nitrogens with zero attached hydrogens (tertiary/aromatic N) is 3. The van der Waals surface area contributed by atoms with Crippen LogP contribution in [-0.2, 0) is 4.79 Å². The Morgan fingerprint density at radius 2 is 2.43 bits per heavy atom. The average Bonchev–Trinajstić information content (AvgIpc) is 2.82. The molecule has 0 aliphatic carbocycles. The van der Waals surface area contributed by atoms with Crippen LogP contribution in [0.15, 0.2) is 22.8 Å². The van der Waals surface area contributed by atoms with E-state index in [1.54, 1.807) is 18.7 Å². The van der Waals surface area contributed by atoms with Crippen molar-refractivity contribution < 1.29 is 4.79 Å². The number of hydrogen-bond acceptors (Lipinski definition) is 5. The molecule has 21 heavy (non-hydrogen) atoms. The molecular formula is C14H16ClN3OS2. The van der Waals surface area contributed by atoms with Crippen LogP contribution in [0.1, 0.15) is 24.8 Å². The van der Waals surface area contributed by atoms with Crippen LogP contribution in [-0.4, -0.2) is 44.9 Å². The van der Waals surface area contributed by atoms with E-state index >= 15 is 0 Å². The van der Waals surface area contributed by atoms with Crippen LogP contribution in [0.3, 0.4) is 0 Å². The predicted molar refractivity (Wildman–Crippen MR) is 87.2 cm³/mol.